The quantitative estimate of drug-likeness (QED) is 0.771. The number of aliphatic hydroxyl groups is 1. The van der Waals surface area contributed by atoms with Crippen LogP contribution in [0.3, 0.4) is 0 Å². The molecule has 1 aromatic carbocycles. The predicted octanol–water partition coefficient (Wildman–Crippen LogP) is 0.585. The molecule has 1 aromatic rings. The first-order valence-electron chi connectivity index (χ1n) is 5.72. The maximum Gasteiger partial charge on any atom is 0.243 e. The lowest BCUT2D eigenvalue weighted by Gasteiger charge is -2.24. The highest BCUT2D eigenvalue weighted by atomic mass is 19.1. The molecule has 0 radical (unpaired) electrons. The van der Waals surface area contributed by atoms with E-state index in [1.165, 1.54) is 24.3 Å². The molecule has 1 amide bonds. The molecule has 4 nitrogen and oxygen atoms in total. The van der Waals surface area contributed by atoms with E-state index in [1.807, 2.05) is 12.2 Å². The monoisotopic (exact) mass is 250 g/mol. The molecule has 0 fully saturated rings. The Hall–Kier alpha value is -1.72. The van der Waals surface area contributed by atoms with Crippen LogP contribution in [0.2, 0.25) is 0 Å². The summed E-state index contributed by atoms with van der Waals surface area (Å²) in [5.74, 6) is -0.702. The van der Waals surface area contributed by atoms with E-state index in [2.05, 4.69) is 0 Å². The average Bonchev–Trinajstić information content (AvgIpc) is 2.91. The van der Waals surface area contributed by atoms with Crippen LogP contribution in [0.15, 0.2) is 36.4 Å². The van der Waals surface area contributed by atoms with E-state index < -0.39 is 18.0 Å². The van der Waals surface area contributed by atoms with Gasteiger partial charge >= 0.3 is 0 Å². The summed E-state index contributed by atoms with van der Waals surface area (Å²) in [5.41, 5.74) is 6.18. The minimum atomic E-state index is -1.13. The first kappa shape index (κ1) is 12.7. The van der Waals surface area contributed by atoms with Crippen LogP contribution in [0.1, 0.15) is 11.7 Å². The number of carbonyl (C=O) groups is 1. The van der Waals surface area contributed by atoms with E-state index in [4.69, 9.17) is 5.73 Å². The third-order valence-electron chi connectivity index (χ3n) is 2.97. The van der Waals surface area contributed by atoms with Crippen LogP contribution < -0.4 is 5.73 Å². The van der Waals surface area contributed by atoms with Crippen LogP contribution in [0.4, 0.5) is 4.39 Å². The number of hydrogen-bond donors (Lipinski definition) is 2. The molecular weight excluding hydrogens is 235 g/mol. The van der Waals surface area contributed by atoms with Crippen LogP contribution in [0.25, 0.3) is 0 Å². The Morgan fingerprint density at radius 1 is 1.28 bits per heavy atom. The summed E-state index contributed by atoms with van der Waals surface area (Å²) >= 11 is 0. The molecule has 1 heterocycles. The molecule has 1 aliphatic rings. The van der Waals surface area contributed by atoms with E-state index >= 15 is 0 Å². The van der Waals surface area contributed by atoms with Crippen molar-refractivity contribution < 1.29 is 14.3 Å². The second kappa shape index (κ2) is 5.29. The van der Waals surface area contributed by atoms with Crippen LogP contribution in [0, 0.1) is 5.82 Å². The van der Waals surface area contributed by atoms with Gasteiger partial charge in [0.2, 0.25) is 5.91 Å². The van der Waals surface area contributed by atoms with Crippen molar-refractivity contribution in [3.05, 3.63) is 47.8 Å². The van der Waals surface area contributed by atoms with Gasteiger partial charge in [-0.2, -0.15) is 0 Å². The molecule has 1 aliphatic heterocycles. The van der Waals surface area contributed by atoms with Gasteiger partial charge in [0, 0.05) is 13.1 Å². The van der Waals surface area contributed by atoms with Crippen molar-refractivity contribution in [3.8, 4) is 0 Å². The standard InChI is InChI=1S/C13H15FN2O2/c14-10-5-3-9(4-6-10)12(17)11(15)13(18)16-7-1-2-8-16/h1-6,11-12,17H,7-8,15H2. The second-order valence-electron chi connectivity index (χ2n) is 4.24. The van der Waals surface area contributed by atoms with Crippen LogP contribution in [-0.4, -0.2) is 35.0 Å². The van der Waals surface area contributed by atoms with Crippen molar-refractivity contribution in [1.29, 1.82) is 0 Å². The highest BCUT2D eigenvalue weighted by Crippen LogP contribution is 2.18. The molecule has 5 heteroatoms. The molecule has 3 N–H and O–H groups in total. The average molecular weight is 250 g/mol. The minimum absolute atomic E-state index is 0.308. The summed E-state index contributed by atoms with van der Waals surface area (Å²) < 4.78 is 12.8. The number of carbonyl (C=O) groups excluding carboxylic acids is 1. The summed E-state index contributed by atoms with van der Waals surface area (Å²) in [7, 11) is 0. The van der Waals surface area contributed by atoms with Gasteiger partial charge in [0.1, 0.15) is 18.0 Å². The van der Waals surface area contributed by atoms with Crippen molar-refractivity contribution >= 4 is 5.91 Å². The predicted molar refractivity (Wildman–Crippen MR) is 65.1 cm³/mol. The zero-order valence-corrected chi connectivity index (χ0v) is 9.79. The molecule has 0 spiro atoms. The van der Waals surface area contributed by atoms with Crippen molar-refractivity contribution in [2.45, 2.75) is 12.1 Å². The summed E-state index contributed by atoms with van der Waals surface area (Å²) in [6, 6.07) is 4.28. The lowest BCUT2D eigenvalue weighted by molar-refractivity contribution is -0.133. The van der Waals surface area contributed by atoms with Crippen molar-refractivity contribution in [2.24, 2.45) is 5.73 Å². The molecule has 0 bridgehead atoms. The fourth-order valence-corrected chi connectivity index (χ4v) is 1.87. The molecule has 2 unspecified atom stereocenters. The maximum absolute atomic E-state index is 12.8. The molecule has 0 saturated carbocycles. The highest BCUT2D eigenvalue weighted by Gasteiger charge is 2.28. The third kappa shape index (κ3) is 2.57. The lowest BCUT2D eigenvalue weighted by Crippen LogP contribution is -2.46. The van der Waals surface area contributed by atoms with Crippen LogP contribution >= 0.6 is 0 Å². The fourth-order valence-electron chi connectivity index (χ4n) is 1.87. The van der Waals surface area contributed by atoms with Gasteiger partial charge in [-0.3, -0.25) is 4.79 Å². The zero-order chi connectivity index (χ0) is 13.1. The molecule has 0 aliphatic carbocycles. The van der Waals surface area contributed by atoms with E-state index in [-0.39, 0.29) is 5.91 Å². The Morgan fingerprint density at radius 2 is 1.83 bits per heavy atom. The Labute approximate surface area is 105 Å². The van der Waals surface area contributed by atoms with E-state index in [9.17, 15) is 14.3 Å². The van der Waals surface area contributed by atoms with Crippen molar-refractivity contribution in [1.82, 2.24) is 4.90 Å². The van der Waals surface area contributed by atoms with E-state index in [1.54, 1.807) is 4.90 Å². The van der Waals surface area contributed by atoms with E-state index in [0.29, 0.717) is 18.7 Å². The highest BCUT2D eigenvalue weighted by molar-refractivity contribution is 5.83. The number of rotatable bonds is 3. The summed E-state index contributed by atoms with van der Waals surface area (Å²) in [4.78, 5) is 13.5. The SMILES string of the molecule is NC(C(=O)N1CC=CC1)C(O)c1ccc(F)cc1. The van der Waals surface area contributed by atoms with Crippen molar-refractivity contribution in [2.75, 3.05) is 13.1 Å². The number of amides is 1. The van der Waals surface area contributed by atoms with Gasteiger partial charge in [-0.05, 0) is 17.7 Å². The first-order chi connectivity index (χ1) is 8.59. The topological polar surface area (TPSA) is 66.6 Å². The fraction of sp³-hybridized carbons (Fsp3) is 0.308. The van der Waals surface area contributed by atoms with Gasteiger partial charge in [0.05, 0.1) is 0 Å². The molecule has 18 heavy (non-hydrogen) atoms. The van der Waals surface area contributed by atoms with Gasteiger partial charge in [0.15, 0.2) is 0 Å². The summed E-state index contributed by atoms with van der Waals surface area (Å²) in [6.45, 7) is 1.03. The Morgan fingerprint density at radius 3 is 2.39 bits per heavy atom. The Balaban J connectivity index is 2.05. The summed E-state index contributed by atoms with van der Waals surface area (Å²) in [6.07, 6.45) is 2.61. The Kier molecular flexibility index (Phi) is 3.74. The molecule has 0 saturated heterocycles. The van der Waals surface area contributed by atoms with Gasteiger partial charge in [-0.25, -0.2) is 4.39 Å². The number of halogens is 1. The molecule has 0 aromatic heterocycles. The number of nitrogens with zero attached hydrogens (tertiary/aromatic N) is 1. The third-order valence-corrected chi connectivity index (χ3v) is 2.97. The number of hydrogen-bond acceptors (Lipinski definition) is 3. The van der Waals surface area contributed by atoms with Crippen LogP contribution in [-0.2, 0) is 4.79 Å². The van der Waals surface area contributed by atoms with Crippen molar-refractivity contribution in [3.63, 3.8) is 0 Å². The largest absolute Gasteiger partial charge is 0.386 e. The normalized spacial score (nSPS) is 17.8. The number of nitrogens with two attached hydrogens (primary N) is 1. The molecule has 2 atom stereocenters. The van der Waals surface area contributed by atoms with Gasteiger partial charge in [-0.15, -0.1) is 0 Å². The second-order valence-corrected chi connectivity index (χ2v) is 4.24. The Bertz CT molecular complexity index is 451. The van der Waals surface area contributed by atoms with Gasteiger partial charge in [0.25, 0.3) is 0 Å². The maximum atomic E-state index is 12.8. The molecule has 2 rings (SSSR count). The molecular formula is C13H15FN2O2. The van der Waals surface area contributed by atoms with Gasteiger partial charge in [-0.1, -0.05) is 24.3 Å². The smallest absolute Gasteiger partial charge is 0.243 e. The molecule has 96 valence electrons. The first-order valence-corrected chi connectivity index (χ1v) is 5.72. The van der Waals surface area contributed by atoms with Gasteiger partial charge < -0.3 is 15.7 Å². The lowest BCUT2D eigenvalue weighted by atomic mass is 10.0. The number of benzene rings is 1. The minimum Gasteiger partial charge on any atom is -0.386 e. The van der Waals surface area contributed by atoms with Crippen LogP contribution in [0.5, 0.6) is 0 Å². The zero-order valence-electron chi connectivity index (χ0n) is 9.79. The van der Waals surface area contributed by atoms with E-state index in [0.717, 1.165) is 0 Å². The summed E-state index contributed by atoms with van der Waals surface area (Å²) in [5, 5.41) is 10.00. The number of aliphatic hydroxyl groups excluding tert-OH is 1.